The molecule has 1 aromatic carbocycles. The summed E-state index contributed by atoms with van der Waals surface area (Å²) < 4.78 is 10.4. The Bertz CT molecular complexity index is 524. The van der Waals surface area contributed by atoms with Gasteiger partial charge in [-0.1, -0.05) is 49.4 Å². The maximum atomic E-state index is 11.3. The Balaban J connectivity index is 2.38. The Morgan fingerprint density at radius 1 is 1.38 bits per heavy atom. The molecule has 0 radical (unpaired) electrons. The molecule has 0 heterocycles. The molecule has 0 spiro atoms. The van der Waals surface area contributed by atoms with Crippen molar-refractivity contribution in [2.45, 2.75) is 39.4 Å². The fraction of sp³-hybridized carbons (Fsp3) is 0.450. The molecule has 2 atom stereocenters. The summed E-state index contributed by atoms with van der Waals surface area (Å²) in [5.41, 5.74) is 0.770. The highest BCUT2D eigenvalue weighted by molar-refractivity contribution is 5.81. The number of aliphatic hydroxyl groups is 1. The second-order valence-corrected chi connectivity index (χ2v) is 6.08. The van der Waals surface area contributed by atoms with Gasteiger partial charge in [-0.3, -0.25) is 0 Å². The van der Waals surface area contributed by atoms with Crippen molar-refractivity contribution in [2.24, 2.45) is 5.41 Å². The van der Waals surface area contributed by atoms with Crippen LogP contribution in [-0.2, 0) is 20.9 Å². The van der Waals surface area contributed by atoms with Gasteiger partial charge in [-0.05, 0) is 30.7 Å². The second-order valence-electron chi connectivity index (χ2n) is 6.08. The van der Waals surface area contributed by atoms with Crippen LogP contribution in [0.4, 0.5) is 0 Å². The lowest BCUT2D eigenvalue weighted by Crippen LogP contribution is -2.25. The van der Waals surface area contributed by atoms with Crippen LogP contribution in [0.25, 0.3) is 0 Å². The summed E-state index contributed by atoms with van der Waals surface area (Å²) in [5.74, 6) is -0.351. The van der Waals surface area contributed by atoms with E-state index >= 15 is 0 Å². The highest BCUT2D eigenvalue weighted by Gasteiger charge is 2.23. The van der Waals surface area contributed by atoms with Crippen LogP contribution in [0.1, 0.15) is 32.3 Å². The molecule has 0 saturated carbocycles. The lowest BCUT2D eigenvalue weighted by Gasteiger charge is -2.27. The number of hydrogen-bond donors (Lipinski definition) is 1. The van der Waals surface area contributed by atoms with E-state index in [1.165, 1.54) is 6.08 Å². The van der Waals surface area contributed by atoms with Crippen molar-refractivity contribution in [3.05, 3.63) is 60.7 Å². The topological polar surface area (TPSA) is 55.8 Å². The van der Waals surface area contributed by atoms with Crippen molar-refractivity contribution in [1.29, 1.82) is 0 Å². The summed E-state index contributed by atoms with van der Waals surface area (Å²) >= 11 is 0. The highest BCUT2D eigenvalue weighted by Crippen LogP contribution is 2.29. The van der Waals surface area contributed by atoms with Gasteiger partial charge >= 0.3 is 5.97 Å². The quantitative estimate of drug-likeness (QED) is 0.382. The Kier molecular flexibility index (Phi) is 9.05. The van der Waals surface area contributed by atoms with Gasteiger partial charge < -0.3 is 14.6 Å². The average molecular weight is 332 g/mol. The molecular weight excluding hydrogens is 304 g/mol. The molecule has 0 bridgehead atoms. The molecule has 4 heteroatoms. The molecule has 1 aromatic rings. The van der Waals surface area contributed by atoms with Crippen LogP contribution >= 0.6 is 0 Å². The molecule has 0 unspecified atom stereocenters. The zero-order chi connectivity index (χ0) is 17.8. The number of hydrogen-bond acceptors (Lipinski definition) is 4. The molecule has 1 rings (SSSR count). The molecule has 0 fully saturated rings. The van der Waals surface area contributed by atoms with Gasteiger partial charge in [0.25, 0.3) is 0 Å². The van der Waals surface area contributed by atoms with Crippen LogP contribution in [0.2, 0.25) is 0 Å². The number of allylic oxidation sites excluding steroid dienone is 2. The molecule has 0 amide bonds. The summed E-state index contributed by atoms with van der Waals surface area (Å²) in [4.78, 5) is 11.3. The molecule has 24 heavy (non-hydrogen) atoms. The first-order valence-electron chi connectivity index (χ1n) is 8.25. The Labute approximate surface area is 144 Å². The average Bonchev–Trinajstić information content (AvgIpc) is 2.56. The number of ether oxygens (including phenoxy) is 2. The fourth-order valence-corrected chi connectivity index (χ4v) is 2.35. The first-order chi connectivity index (χ1) is 11.5. The molecule has 4 nitrogen and oxygen atoms in total. The highest BCUT2D eigenvalue weighted by atomic mass is 16.5. The van der Waals surface area contributed by atoms with Gasteiger partial charge in [-0.15, -0.1) is 6.58 Å². The van der Waals surface area contributed by atoms with Crippen molar-refractivity contribution >= 4 is 5.97 Å². The van der Waals surface area contributed by atoms with Gasteiger partial charge in [0.1, 0.15) is 0 Å². The Hall–Kier alpha value is -1.91. The first kappa shape index (κ1) is 20.1. The second kappa shape index (κ2) is 10.8. The van der Waals surface area contributed by atoms with Crippen LogP contribution in [0.15, 0.2) is 55.1 Å². The largest absolute Gasteiger partial charge is 0.463 e. The smallest absolute Gasteiger partial charge is 0.330 e. The van der Waals surface area contributed by atoms with Gasteiger partial charge in [-0.25, -0.2) is 4.79 Å². The molecule has 0 aliphatic heterocycles. The molecule has 0 aromatic heterocycles. The zero-order valence-corrected chi connectivity index (χ0v) is 14.6. The van der Waals surface area contributed by atoms with E-state index in [-0.39, 0.29) is 18.0 Å². The normalized spacial score (nSPS) is 15.0. The maximum absolute atomic E-state index is 11.3. The fourth-order valence-electron chi connectivity index (χ4n) is 2.35. The molecule has 0 saturated heterocycles. The van der Waals surface area contributed by atoms with E-state index in [2.05, 4.69) is 6.58 Å². The van der Waals surface area contributed by atoms with Crippen molar-refractivity contribution in [1.82, 2.24) is 0 Å². The van der Waals surface area contributed by atoms with E-state index < -0.39 is 6.10 Å². The van der Waals surface area contributed by atoms with E-state index in [0.29, 0.717) is 26.1 Å². The van der Waals surface area contributed by atoms with E-state index in [1.807, 2.05) is 43.3 Å². The van der Waals surface area contributed by atoms with Gasteiger partial charge in [-0.2, -0.15) is 0 Å². The van der Waals surface area contributed by atoms with Gasteiger partial charge in [0.05, 0.1) is 25.9 Å². The molecule has 0 aliphatic carbocycles. The van der Waals surface area contributed by atoms with Crippen LogP contribution < -0.4 is 0 Å². The Morgan fingerprint density at radius 2 is 2.08 bits per heavy atom. The molecule has 132 valence electrons. The lowest BCUT2D eigenvalue weighted by molar-refractivity contribution is -0.137. The zero-order valence-electron chi connectivity index (χ0n) is 14.6. The third kappa shape index (κ3) is 8.09. The van der Waals surface area contributed by atoms with Crippen LogP contribution in [-0.4, -0.2) is 30.4 Å². The van der Waals surface area contributed by atoms with E-state index in [4.69, 9.17) is 9.47 Å². The summed E-state index contributed by atoms with van der Waals surface area (Å²) in [6.07, 6.45) is 5.51. The number of carbonyl (C=O) groups is 1. The predicted octanol–water partition coefficient (Wildman–Crippen LogP) is 3.66. The predicted molar refractivity (Wildman–Crippen MR) is 95.4 cm³/mol. The van der Waals surface area contributed by atoms with Crippen LogP contribution in [0, 0.1) is 5.41 Å². The monoisotopic (exact) mass is 332 g/mol. The van der Waals surface area contributed by atoms with Crippen molar-refractivity contribution in [3.8, 4) is 0 Å². The van der Waals surface area contributed by atoms with Crippen molar-refractivity contribution in [3.63, 3.8) is 0 Å². The summed E-state index contributed by atoms with van der Waals surface area (Å²) in [6, 6.07) is 9.85. The van der Waals surface area contributed by atoms with E-state index in [1.54, 1.807) is 13.0 Å². The number of carbonyl (C=O) groups excluding carboxylic acids is 1. The summed E-state index contributed by atoms with van der Waals surface area (Å²) in [6.45, 7) is 8.71. The summed E-state index contributed by atoms with van der Waals surface area (Å²) in [5, 5.41) is 10.2. The van der Waals surface area contributed by atoms with Gasteiger partial charge in [0.2, 0.25) is 0 Å². The molecule has 0 aliphatic rings. The third-order valence-electron chi connectivity index (χ3n) is 3.74. The molecular formula is C20H28O4. The number of benzene rings is 1. The first-order valence-corrected chi connectivity index (χ1v) is 8.25. The van der Waals surface area contributed by atoms with Gasteiger partial charge in [0, 0.05) is 6.08 Å². The number of aliphatic hydroxyl groups excluding tert-OH is 1. The van der Waals surface area contributed by atoms with Gasteiger partial charge in [0.15, 0.2) is 0 Å². The lowest BCUT2D eigenvalue weighted by atomic mass is 9.81. The minimum Gasteiger partial charge on any atom is -0.463 e. The minimum absolute atomic E-state index is 0.264. The number of rotatable bonds is 11. The number of esters is 1. The molecule has 1 N–H and O–H groups in total. The summed E-state index contributed by atoms with van der Waals surface area (Å²) in [7, 11) is 0. The maximum Gasteiger partial charge on any atom is 0.330 e. The minimum atomic E-state index is -0.590. The van der Waals surface area contributed by atoms with E-state index in [0.717, 1.165) is 5.56 Å². The standard InChI is InChI=1S/C20H28O4/c1-4-20(3,13-9-12-19(22)24-5-2)14-18(21)16-23-15-17-10-7-6-8-11-17/h4,6-12,18,21H,1,5,13-16H2,2-3H3/t18-,20-/m1/s1. The third-order valence-corrected chi connectivity index (χ3v) is 3.74. The Morgan fingerprint density at radius 3 is 2.71 bits per heavy atom. The SMILES string of the molecule is C=C[C@](C)(CC=CC(=O)OCC)C[C@@H](O)COCc1ccccc1. The van der Waals surface area contributed by atoms with Crippen LogP contribution in [0.5, 0.6) is 0 Å². The van der Waals surface area contributed by atoms with E-state index in [9.17, 15) is 9.90 Å². The van der Waals surface area contributed by atoms with Crippen molar-refractivity contribution in [2.75, 3.05) is 13.2 Å². The van der Waals surface area contributed by atoms with Crippen LogP contribution in [0.3, 0.4) is 0 Å². The van der Waals surface area contributed by atoms with Crippen molar-refractivity contribution < 1.29 is 19.4 Å².